The summed E-state index contributed by atoms with van der Waals surface area (Å²) in [5.74, 6) is 0.150. The van der Waals surface area contributed by atoms with Crippen LogP contribution >= 0.6 is 0 Å². The normalized spacial score (nSPS) is 19.9. The number of rotatable bonds is 3. The first kappa shape index (κ1) is 12.0. The van der Waals surface area contributed by atoms with E-state index < -0.39 is 0 Å². The van der Waals surface area contributed by atoms with Gasteiger partial charge in [0, 0.05) is 25.7 Å². The molecule has 1 aromatic heterocycles. The zero-order valence-electron chi connectivity index (χ0n) is 10.2. The lowest BCUT2D eigenvalue weighted by molar-refractivity contribution is -0.118. The zero-order chi connectivity index (χ0) is 12.1. The summed E-state index contributed by atoms with van der Waals surface area (Å²) in [5, 5.41) is 3.39. The van der Waals surface area contributed by atoms with Crippen molar-refractivity contribution in [3.8, 4) is 0 Å². The Hall–Kier alpha value is -1.42. The molecule has 1 saturated heterocycles. The molecule has 1 aliphatic rings. The zero-order valence-corrected chi connectivity index (χ0v) is 10.2. The second kappa shape index (κ2) is 5.77. The SMILES string of the molecule is CN(C(=O)CC1CCCCN1)c1cccnc1. The van der Waals surface area contributed by atoms with E-state index in [0.29, 0.717) is 12.5 Å². The molecule has 0 bridgehead atoms. The highest BCUT2D eigenvalue weighted by Gasteiger charge is 2.19. The molecule has 1 aromatic rings. The van der Waals surface area contributed by atoms with Gasteiger partial charge in [-0.2, -0.15) is 0 Å². The Morgan fingerprint density at radius 3 is 3.12 bits per heavy atom. The van der Waals surface area contributed by atoms with Crippen molar-refractivity contribution in [2.75, 3.05) is 18.5 Å². The Morgan fingerprint density at radius 2 is 2.47 bits per heavy atom. The molecule has 4 heteroatoms. The van der Waals surface area contributed by atoms with E-state index in [0.717, 1.165) is 18.7 Å². The van der Waals surface area contributed by atoms with Crippen LogP contribution in [0.1, 0.15) is 25.7 Å². The van der Waals surface area contributed by atoms with E-state index in [1.165, 1.54) is 12.8 Å². The van der Waals surface area contributed by atoms with Gasteiger partial charge >= 0.3 is 0 Å². The van der Waals surface area contributed by atoms with Gasteiger partial charge in [0.2, 0.25) is 5.91 Å². The standard InChI is InChI=1S/C13H19N3O/c1-16(12-6-4-7-14-10-12)13(17)9-11-5-2-3-8-15-11/h4,6-7,10-11,15H,2-3,5,8-9H2,1H3. The van der Waals surface area contributed by atoms with Gasteiger partial charge in [-0.3, -0.25) is 9.78 Å². The van der Waals surface area contributed by atoms with Gasteiger partial charge in [0.1, 0.15) is 0 Å². The minimum atomic E-state index is 0.150. The molecule has 1 unspecified atom stereocenters. The number of anilines is 1. The Balaban J connectivity index is 1.91. The van der Waals surface area contributed by atoms with Gasteiger partial charge in [0.15, 0.2) is 0 Å². The van der Waals surface area contributed by atoms with Crippen LogP contribution in [0.4, 0.5) is 5.69 Å². The second-order valence-electron chi connectivity index (χ2n) is 4.51. The maximum Gasteiger partial charge on any atom is 0.228 e. The number of carbonyl (C=O) groups excluding carboxylic acids is 1. The predicted octanol–water partition coefficient (Wildman–Crippen LogP) is 1.58. The number of carbonyl (C=O) groups is 1. The topological polar surface area (TPSA) is 45.2 Å². The molecule has 0 saturated carbocycles. The van der Waals surface area contributed by atoms with Crippen molar-refractivity contribution >= 4 is 11.6 Å². The molecule has 2 heterocycles. The summed E-state index contributed by atoms with van der Waals surface area (Å²) in [7, 11) is 1.81. The lowest BCUT2D eigenvalue weighted by Gasteiger charge is -2.25. The quantitative estimate of drug-likeness (QED) is 0.862. The van der Waals surface area contributed by atoms with Crippen molar-refractivity contribution in [1.82, 2.24) is 10.3 Å². The fourth-order valence-corrected chi connectivity index (χ4v) is 2.14. The van der Waals surface area contributed by atoms with Crippen molar-refractivity contribution in [2.24, 2.45) is 0 Å². The number of amides is 1. The summed E-state index contributed by atoms with van der Waals surface area (Å²) in [6.45, 7) is 1.04. The number of aromatic nitrogens is 1. The third-order valence-electron chi connectivity index (χ3n) is 3.24. The summed E-state index contributed by atoms with van der Waals surface area (Å²) in [5.41, 5.74) is 0.855. The average Bonchev–Trinajstić information content (AvgIpc) is 2.40. The maximum atomic E-state index is 12.1. The van der Waals surface area contributed by atoms with E-state index in [2.05, 4.69) is 10.3 Å². The van der Waals surface area contributed by atoms with E-state index in [4.69, 9.17) is 0 Å². The van der Waals surface area contributed by atoms with Crippen LogP contribution in [0.25, 0.3) is 0 Å². The first-order valence-electron chi connectivity index (χ1n) is 6.17. The van der Waals surface area contributed by atoms with E-state index in [1.54, 1.807) is 17.3 Å². The first-order valence-corrected chi connectivity index (χ1v) is 6.17. The van der Waals surface area contributed by atoms with Crippen molar-refractivity contribution in [2.45, 2.75) is 31.7 Å². The van der Waals surface area contributed by atoms with Crippen LogP contribution in [-0.2, 0) is 4.79 Å². The second-order valence-corrected chi connectivity index (χ2v) is 4.51. The molecule has 0 spiro atoms. The molecular formula is C13H19N3O. The van der Waals surface area contributed by atoms with Crippen LogP contribution in [0.15, 0.2) is 24.5 Å². The van der Waals surface area contributed by atoms with Crippen molar-refractivity contribution in [3.05, 3.63) is 24.5 Å². The molecule has 0 aromatic carbocycles. The van der Waals surface area contributed by atoms with Crippen molar-refractivity contribution in [1.29, 1.82) is 0 Å². The molecule has 17 heavy (non-hydrogen) atoms. The first-order chi connectivity index (χ1) is 8.27. The van der Waals surface area contributed by atoms with Crippen LogP contribution in [0.5, 0.6) is 0 Å². The highest BCUT2D eigenvalue weighted by molar-refractivity contribution is 5.92. The van der Waals surface area contributed by atoms with Crippen molar-refractivity contribution in [3.63, 3.8) is 0 Å². The average molecular weight is 233 g/mol. The Kier molecular flexibility index (Phi) is 4.09. The molecule has 1 N–H and O–H groups in total. The van der Waals surface area contributed by atoms with Crippen LogP contribution in [0.2, 0.25) is 0 Å². The molecule has 0 aliphatic carbocycles. The number of piperidine rings is 1. The third-order valence-corrected chi connectivity index (χ3v) is 3.24. The number of hydrogen-bond acceptors (Lipinski definition) is 3. The fourth-order valence-electron chi connectivity index (χ4n) is 2.14. The molecule has 1 aliphatic heterocycles. The van der Waals surface area contributed by atoms with Gasteiger partial charge in [-0.15, -0.1) is 0 Å². The number of nitrogens with one attached hydrogen (secondary N) is 1. The molecule has 92 valence electrons. The largest absolute Gasteiger partial charge is 0.314 e. The van der Waals surface area contributed by atoms with Gasteiger partial charge < -0.3 is 10.2 Å². The Labute approximate surface area is 102 Å². The molecule has 1 fully saturated rings. The lowest BCUT2D eigenvalue weighted by Crippen LogP contribution is -2.39. The maximum absolute atomic E-state index is 12.1. The van der Waals surface area contributed by atoms with E-state index in [1.807, 2.05) is 19.2 Å². The molecule has 0 radical (unpaired) electrons. The van der Waals surface area contributed by atoms with Gasteiger partial charge in [-0.05, 0) is 31.5 Å². The minimum absolute atomic E-state index is 0.150. The van der Waals surface area contributed by atoms with Gasteiger partial charge in [0.25, 0.3) is 0 Å². The molecule has 4 nitrogen and oxygen atoms in total. The summed E-state index contributed by atoms with van der Waals surface area (Å²) in [6, 6.07) is 4.09. The van der Waals surface area contributed by atoms with Gasteiger partial charge in [-0.25, -0.2) is 0 Å². The number of hydrogen-bond donors (Lipinski definition) is 1. The monoisotopic (exact) mass is 233 g/mol. The lowest BCUT2D eigenvalue weighted by atomic mass is 10.0. The molecular weight excluding hydrogens is 214 g/mol. The third kappa shape index (κ3) is 3.27. The fraction of sp³-hybridized carbons (Fsp3) is 0.538. The highest BCUT2D eigenvalue weighted by atomic mass is 16.2. The molecule has 1 amide bonds. The van der Waals surface area contributed by atoms with Crippen LogP contribution < -0.4 is 10.2 Å². The predicted molar refractivity (Wildman–Crippen MR) is 67.9 cm³/mol. The van der Waals surface area contributed by atoms with Gasteiger partial charge in [0.05, 0.1) is 11.9 Å². The van der Waals surface area contributed by atoms with Crippen molar-refractivity contribution < 1.29 is 4.79 Å². The summed E-state index contributed by atoms with van der Waals surface area (Å²) in [4.78, 5) is 17.8. The minimum Gasteiger partial charge on any atom is -0.314 e. The molecule has 1 atom stereocenters. The Bertz CT molecular complexity index is 360. The summed E-state index contributed by atoms with van der Waals surface area (Å²) < 4.78 is 0. The van der Waals surface area contributed by atoms with Crippen LogP contribution in [0.3, 0.4) is 0 Å². The van der Waals surface area contributed by atoms with E-state index in [-0.39, 0.29) is 5.91 Å². The highest BCUT2D eigenvalue weighted by Crippen LogP contribution is 2.15. The van der Waals surface area contributed by atoms with E-state index >= 15 is 0 Å². The van der Waals surface area contributed by atoms with E-state index in [9.17, 15) is 4.79 Å². The molecule has 2 rings (SSSR count). The van der Waals surface area contributed by atoms with Crippen LogP contribution in [0, 0.1) is 0 Å². The Morgan fingerprint density at radius 1 is 1.59 bits per heavy atom. The number of nitrogens with zero attached hydrogens (tertiary/aromatic N) is 2. The smallest absolute Gasteiger partial charge is 0.228 e. The number of pyridine rings is 1. The van der Waals surface area contributed by atoms with Gasteiger partial charge in [-0.1, -0.05) is 6.42 Å². The summed E-state index contributed by atoms with van der Waals surface area (Å²) in [6.07, 6.45) is 7.55. The van der Waals surface area contributed by atoms with Crippen LogP contribution in [-0.4, -0.2) is 30.5 Å². The summed E-state index contributed by atoms with van der Waals surface area (Å²) >= 11 is 0.